The molecule has 0 radical (unpaired) electrons. The Morgan fingerprint density at radius 3 is 2.57 bits per heavy atom. The number of nitrogens with one attached hydrogen (secondary N) is 1. The van der Waals surface area contributed by atoms with E-state index >= 15 is 0 Å². The molecule has 0 spiro atoms. The first-order valence-electron chi connectivity index (χ1n) is 7.87. The summed E-state index contributed by atoms with van der Waals surface area (Å²) in [5.74, 6) is -1.10. The third kappa shape index (κ3) is 4.43. The van der Waals surface area contributed by atoms with Gasteiger partial charge in [0.05, 0.1) is 23.1 Å². The lowest BCUT2D eigenvalue weighted by atomic mass is 10.1. The molecule has 0 saturated carbocycles. The van der Waals surface area contributed by atoms with E-state index in [0.717, 1.165) is 13.1 Å². The predicted octanol–water partition coefficient (Wildman–Crippen LogP) is 1.72. The van der Waals surface area contributed by atoms with Gasteiger partial charge < -0.3 is 10.2 Å². The predicted molar refractivity (Wildman–Crippen MR) is 88.6 cm³/mol. The van der Waals surface area contributed by atoms with Crippen LogP contribution in [0.15, 0.2) is 18.2 Å². The zero-order chi connectivity index (χ0) is 17.0. The number of amides is 1. The standard InChI is InChI=1S/C16H23FN2O3S/c1-3-19(4-2)15-6-5-12(9-14(15)17)10-18-16(20)13-7-8-23(21,22)11-13/h5-6,9,13H,3-4,7-8,10-11H2,1-2H3,(H,18,20). The summed E-state index contributed by atoms with van der Waals surface area (Å²) in [5.41, 5.74) is 1.21. The molecule has 128 valence electrons. The molecule has 7 heteroatoms. The van der Waals surface area contributed by atoms with Gasteiger partial charge in [0.25, 0.3) is 0 Å². The highest BCUT2D eigenvalue weighted by Gasteiger charge is 2.32. The van der Waals surface area contributed by atoms with E-state index in [-0.39, 0.29) is 29.8 Å². The lowest BCUT2D eigenvalue weighted by Gasteiger charge is -2.22. The summed E-state index contributed by atoms with van der Waals surface area (Å²) in [6.07, 6.45) is 0.365. The van der Waals surface area contributed by atoms with Crippen molar-refractivity contribution < 1.29 is 17.6 Å². The first-order valence-corrected chi connectivity index (χ1v) is 9.70. The maximum absolute atomic E-state index is 14.2. The number of halogens is 1. The molecule has 2 rings (SSSR count). The largest absolute Gasteiger partial charge is 0.370 e. The molecular formula is C16H23FN2O3S. The number of carbonyl (C=O) groups is 1. The van der Waals surface area contributed by atoms with Crippen LogP contribution >= 0.6 is 0 Å². The molecule has 0 aromatic heterocycles. The van der Waals surface area contributed by atoms with Crippen LogP contribution in [0.1, 0.15) is 25.8 Å². The first-order chi connectivity index (χ1) is 10.9. The van der Waals surface area contributed by atoms with E-state index in [1.54, 1.807) is 12.1 Å². The van der Waals surface area contributed by atoms with Gasteiger partial charge in [0, 0.05) is 19.6 Å². The van der Waals surface area contributed by atoms with Crippen molar-refractivity contribution in [1.82, 2.24) is 5.32 Å². The van der Waals surface area contributed by atoms with E-state index in [1.165, 1.54) is 6.07 Å². The lowest BCUT2D eigenvalue weighted by molar-refractivity contribution is -0.124. The van der Waals surface area contributed by atoms with E-state index in [2.05, 4.69) is 5.32 Å². The third-order valence-electron chi connectivity index (χ3n) is 4.19. The SMILES string of the molecule is CCN(CC)c1ccc(CNC(=O)C2CCS(=O)(=O)C2)cc1F. The van der Waals surface area contributed by atoms with Crippen molar-refractivity contribution in [3.8, 4) is 0 Å². The van der Waals surface area contributed by atoms with Crippen LogP contribution in [0.4, 0.5) is 10.1 Å². The molecule has 0 bridgehead atoms. The van der Waals surface area contributed by atoms with Gasteiger partial charge in [-0.3, -0.25) is 4.79 Å². The molecular weight excluding hydrogens is 319 g/mol. The Morgan fingerprint density at radius 2 is 2.04 bits per heavy atom. The third-order valence-corrected chi connectivity index (χ3v) is 5.95. The van der Waals surface area contributed by atoms with E-state index in [1.807, 2.05) is 18.7 Å². The summed E-state index contributed by atoms with van der Waals surface area (Å²) < 4.78 is 36.9. The van der Waals surface area contributed by atoms with Crippen LogP contribution < -0.4 is 10.2 Å². The van der Waals surface area contributed by atoms with E-state index in [9.17, 15) is 17.6 Å². The normalized spacial score (nSPS) is 19.5. The summed E-state index contributed by atoms with van der Waals surface area (Å²) in [6, 6.07) is 4.91. The first kappa shape index (κ1) is 17.7. The van der Waals surface area contributed by atoms with Crippen molar-refractivity contribution >= 4 is 21.4 Å². The van der Waals surface area contributed by atoms with Crippen LogP contribution in [-0.2, 0) is 21.2 Å². The van der Waals surface area contributed by atoms with Gasteiger partial charge >= 0.3 is 0 Å². The Kier molecular flexibility index (Phi) is 5.62. The molecule has 1 saturated heterocycles. The molecule has 1 atom stereocenters. The number of carbonyl (C=O) groups excluding carboxylic acids is 1. The van der Waals surface area contributed by atoms with E-state index in [0.29, 0.717) is 17.7 Å². The molecule has 1 aliphatic heterocycles. The fourth-order valence-corrected chi connectivity index (χ4v) is 4.56. The van der Waals surface area contributed by atoms with Crippen LogP contribution in [0, 0.1) is 11.7 Å². The van der Waals surface area contributed by atoms with Gasteiger partial charge in [-0.15, -0.1) is 0 Å². The Labute approximate surface area is 136 Å². The van der Waals surface area contributed by atoms with Crippen LogP contribution in [0.3, 0.4) is 0 Å². The Morgan fingerprint density at radius 1 is 1.35 bits per heavy atom. The second kappa shape index (κ2) is 7.29. The molecule has 1 aliphatic rings. The van der Waals surface area contributed by atoms with Crippen molar-refractivity contribution in [2.24, 2.45) is 5.92 Å². The monoisotopic (exact) mass is 342 g/mol. The molecule has 1 heterocycles. The second-order valence-corrected chi connectivity index (χ2v) is 8.00. The highest BCUT2D eigenvalue weighted by molar-refractivity contribution is 7.91. The average molecular weight is 342 g/mol. The van der Waals surface area contributed by atoms with Gasteiger partial charge in [0.1, 0.15) is 5.82 Å². The van der Waals surface area contributed by atoms with E-state index in [4.69, 9.17) is 0 Å². The number of hydrogen-bond donors (Lipinski definition) is 1. The molecule has 23 heavy (non-hydrogen) atoms. The highest BCUT2D eigenvalue weighted by atomic mass is 32.2. The van der Waals surface area contributed by atoms with Gasteiger partial charge in [-0.1, -0.05) is 6.07 Å². The summed E-state index contributed by atoms with van der Waals surface area (Å²) in [7, 11) is -3.08. The quantitative estimate of drug-likeness (QED) is 0.855. The number of sulfone groups is 1. The molecule has 0 aliphatic carbocycles. The Balaban J connectivity index is 1.96. The van der Waals surface area contributed by atoms with E-state index < -0.39 is 15.8 Å². The number of hydrogen-bond acceptors (Lipinski definition) is 4. The summed E-state index contributed by atoms with van der Waals surface area (Å²) in [4.78, 5) is 13.9. The van der Waals surface area contributed by atoms with Crippen molar-refractivity contribution in [3.63, 3.8) is 0 Å². The van der Waals surface area contributed by atoms with Crippen molar-refractivity contribution in [2.75, 3.05) is 29.5 Å². The van der Waals surface area contributed by atoms with Gasteiger partial charge in [-0.25, -0.2) is 12.8 Å². The molecule has 1 aromatic carbocycles. The van der Waals surface area contributed by atoms with Crippen LogP contribution in [0.25, 0.3) is 0 Å². The lowest BCUT2D eigenvalue weighted by Crippen LogP contribution is -2.31. The summed E-state index contributed by atoms with van der Waals surface area (Å²) >= 11 is 0. The smallest absolute Gasteiger partial charge is 0.224 e. The average Bonchev–Trinajstić information content (AvgIpc) is 2.88. The zero-order valence-corrected chi connectivity index (χ0v) is 14.3. The van der Waals surface area contributed by atoms with Gasteiger partial charge in [-0.05, 0) is 38.0 Å². The maximum atomic E-state index is 14.2. The number of anilines is 1. The number of benzene rings is 1. The van der Waals surface area contributed by atoms with Gasteiger partial charge in [-0.2, -0.15) is 0 Å². The topological polar surface area (TPSA) is 66.5 Å². The van der Waals surface area contributed by atoms with Crippen molar-refractivity contribution in [3.05, 3.63) is 29.6 Å². The number of nitrogens with zero attached hydrogens (tertiary/aromatic N) is 1. The molecule has 1 fully saturated rings. The van der Waals surface area contributed by atoms with Crippen LogP contribution in [-0.4, -0.2) is 38.9 Å². The van der Waals surface area contributed by atoms with Crippen LogP contribution in [0.5, 0.6) is 0 Å². The summed E-state index contributed by atoms with van der Waals surface area (Å²) in [6.45, 7) is 5.57. The molecule has 1 N–H and O–H groups in total. The van der Waals surface area contributed by atoms with Crippen molar-refractivity contribution in [2.45, 2.75) is 26.8 Å². The highest BCUT2D eigenvalue weighted by Crippen LogP contribution is 2.21. The second-order valence-electron chi connectivity index (χ2n) is 5.78. The molecule has 1 unspecified atom stereocenters. The number of rotatable bonds is 6. The minimum atomic E-state index is -3.08. The Hall–Kier alpha value is -1.63. The molecule has 5 nitrogen and oxygen atoms in total. The fraction of sp³-hybridized carbons (Fsp3) is 0.562. The molecule has 1 aromatic rings. The summed E-state index contributed by atoms with van der Waals surface area (Å²) in [5, 5.41) is 2.70. The fourth-order valence-electron chi connectivity index (χ4n) is 2.82. The maximum Gasteiger partial charge on any atom is 0.224 e. The zero-order valence-electron chi connectivity index (χ0n) is 13.5. The van der Waals surface area contributed by atoms with Crippen LogP contribution in [0.2, 0.25) is 0 Å². The minimum Gasteiger partial charge on any atom is -0.370 e. The van der Waals surface area contributed by atoms with Crippen molar-refractivity contribution in [1.29, 1.82) is 0 Å². The van der Waals surface area contributed by atoms with Gasteiger partial charge in [0.15, 0.2) is 9.84 Å². The minimum absolute atomic E-state index is 0.0677. The Bertz CT molecular complexity index is 672. The molecule has 1 amide bonds. The van der Waals surface area contributed by atoms with Gasteiger partial charge in [0.2, 0.25) is 5.91 Å².